The van der Waals surface area contributed by atoms with Crippen molar-refractivity contribution in [1.29, 1.82) is 0 Å². The second-order valence-corrected chi connectivity index (χ2v) is 15.7. The highest BCUT2D eigenvalue weighted by Gasteiger charge is 2.30. The van der Waals surface area contributed by atoms with Gasteiger partial charge in [-0.05, 0) is 48.7 Å². The molecule has 2 aromatic heterocycles. The van der Waals surface area contributed by atoms with Crippen LogP contribution >= 0.6 is 0 Å². The van der Waals surface area contributed by atoms with E-state index >= 15 is 0 Å². The van der Waals surface area contributed by atoms with Crippen LogP contribution in [-0.2, 0) is 27.3 Å². The molecule has 1 aliphatic heterocycles. The van der Waals surface area contributed by atoms with Crippen LogP contribution in [0.3, 0.4) is 0 Å². The summed E-state index contributed by atoms with van der Waals surface area (Å²) >= 11 is 0. The molecule has 36 heavy (non-hydrogen) atoms. The van der Waals surface area contributed by atoms with Crippen molar-refractivity contribution in [2.75, 3.05) is 26.6 Å². The number of nitrogens with zero attached hydrogens (tertiary/aromatic N) is 3. The molecule has 1 amide bonds. The van der Waals surface area contributed by atoms with Gasteiger partial charge < -0.3 is 14.0 Å². The Morgan fingerprint density at radius 3 is 2.69 bits per heavy atom. The largest absolute Gasteiger partial charge is 0.501 e. The number of aromatic nitrogens is 2. The first-order valence-electron chi connectivity index (χ1n) is 12.3. The van der Waals surface area contributed by atoms with E-state index < -0.39 is 8.07 Å². The van der Waals surface area contributed by atoms with Crippen molar-refractivity contribution < 1.29 is 23.5 Å². The van der Waals surface area contributed by atoms with Gasteiger partial charge in [-0.15, -0.1) is 0 Å². The molecule has 0 saturated carbocycles. The van der Waals surface area contributed by atoms with Gasteiger partial charge >= 0.3 is 0 Å². The van der Waals surface area contributed by atoms with Crippen LogP contribution in [0.25, 0.3) is 17.0 Å². The molecule has 9 heteroatoms. The maximum absolute atomic E-state index is 13.4. The summed E-state index contributed by atoms with van der Waals surface area (Å²) in [5, 5.41) is 2.32. The van der Waals surface area contributed by atoms with Crippen molar-refractivity contribution in [3.8, 4) is 0 Å². The Balaban J connectivity index is 1.58. The molecule has 3 heterocycles. The first-order chi connectivity index (χ1) is 17.3. The highest BCUT2D eigenvalue weighted by molar-refractivity contribution is 6.76. The number of carbonyl (C=O) groups is 1. The van der Waals surface area contributed by atoms with E-state index in [1.165, 1.54) is 17.2 Å². The SMILES string of the molecule is CCOC=Cc1cn(Cc2ccc(F)cc2)c2cnc3c(c12)CCN(OCOCC[Si](C)(C)C)C3=O. The first-order valence-corrected chi connectivity index (χ1v) is 16.0. The van der Waals surface area contributed by atoms with Crippen LogP contribution in [0.1, 0.15) is 34.1 Å². The standard InChI is InChI=1S/C27H34FN3O4Si/c1-5-33-13-11-21-18-30(17-20-6-8-22(28)9-7-20)24-16-29-26-23(25(21)24)10-12-31(27(26)32)35-19-34-14-15-36(2,3)4/h6-9,11,13,16,18H,5,10,12,14-15,17,19H2,1-4H3. The zero-order chi connectivity index (χ0) is 25.7. The van der Waals surface area contributed by atoms with Gasteiger partial charge in [0.25, 0.3) is 5.91 Å². The number of benzene rings is 1. The molecule has 0 fully saturated rings. The predicted octanol–water partition coefficient (Wildman–Crippen LogP) is 5.47. The van der Waals surface area contributed by atoms with Crippen molar-refractivity contribution >= 4 is 31.0 Å². The summed E-state index contributed by atoms with van der Waals surface area (Å²) in [6, 6.07) is 7.50. The van der Waals surface area contributed by atoms with Crippen LogP contribution in [0, 0.1) is 5.82 Å². The van der Waals surface area contributed by atoms with Crippen LogP contribution in [0.15, 0.2) is 42.9 Å². The summed E-state index contributed by atoms with van der Waals surface area (Å²) < 4.78 is 26.5. The molecule has 7 nitrogen and oxygen atoms in total. The number of rotatable bonds is 11. The average Bonchev–Trinajstić information content (AvgIpc) is 3.18. The maximum atomic E-state index is 13.4. The minimum Gasteiger partial charge on any atom is -0.501 e. The zero-order valence-electron chi connectivity index (χ0n) is 21.4. The van der Waals surface area contributed by atoms with Crippen molar-refractivity contribution in [2.24, 2.45) is 0 Å². The fraction of sp³-hybridized carbons (Fsp3) is 0.407. The molecular weight excluding hydrogens is 477 g/mol. The summed E-state index contributed by atoms with van der Waals surface area (Å²) in [4.78, 5) is 23.4. The van der Waals surface area contributed by atoms with Gasteiger partial charge in [0.15, 0.2) is 6.79 Å². The number of hydrogen-bond donors (Lipinski definition) is 0. The Morgan fingerprint density at radius 1 is 1.19 bits per heavy atom. The van der Waals surface area contributed by atoms with E-state index in [1.807, 2.05) is 19.2 Å². The van der Waals surface area contributed by atoms with Gasteiger partial charge in [0.2, 0.25) is 0 Å². The van der Waals surface area contributed by atoms with Crippen LogP contribution < -0.4 is 0 Å². The molecule has 1 aromatic carbocycles. The fourth-order valence-electron chi connectivity index (χ4n) is 4.17. The van der Waals surface area contributed by atoms with Crippen molar-refractivity contribution in [3.05, 3.63) is 71.1 Å². The molecule has 1 aliphatic rings. The molecule has 192 valence electrons. The summed E-state index contributed by atoms with van der Waals surface area (Å²) in [7, 11) is -1.18. The van der Waals surface area contributed by atoms with Crippen LogP contribution in [0.2, 0.25) is 25.7 Å². The number of fused-ring (bicyclic) bond motifs is 3. The Labute approximate surface area is 212 Å². The third-order valence-electron chi connectivity index (χ3n) is 6.11. The second-order valence-electron chi connectivity index (χ2n) is 10.1. The molecule has 0 N–H and O–H groups in total. The number of amides is 1. The van der Waals surface area contributed by atoms with Gasteiger partial charge in [-0.2, -0.15) is 0 Å². The second kappa shape index (κ2) is 11.4. The van der Waals surface area contributed by atoms with Gasteiger partial charge in [0, 0.05) is 38.4 Å². The highest BCUT2D eigenvalue weighted by atomic mass is 28.3. The lowest BCUT2D eigenvalue weighted by atomic mass is 9.99. The Hall–Kier alpha value is -3.01. The molecule has 0 spiro atoms. The van der Waals surface area contributed by atoms with Crippen molar-refractivity contribution in [1.82, 2.24) is 14.6 Å². The Kier molecular flexibility index (Phi) is 8.23. The lowest BCUT2D eigenvalue weighted by molar-refractivity contribution is -0.195. The van der Waals surface area contributed by atoms with Crippen LogP contribution in [0.5, 0.6) is 0 Å². The van der Waals surface area contributed by atoms with Gasteiger partial charge in [0.05, 0.1) is 31.1 Å². The molecule has 0 aliphatic carbocycles. The maximum Gasteiger partial charge on any atom is 0.296 e. The van der Waals surface area contributed by atoms with E-state index in [0.29, 0.717) is 38.4 Å². The van der Waals surface area contributed by atoms with Crippen molar-refractivity contribution in [3.63, 3.8) is 0 Å². The number of carbonyl (C=O) groups excluding carboxylic acids is 1. The van der Waals surface area contributed by atoms with E-state index in [9.17, 15) is 9.18 Å². The number of ether oxygens (including phenoxy) is 2. The Morgan fingerprint density at radius 2 is 1.97 bits per heavy atom. The molecule has 0 radical (unpaired) electrons. The fourth-order valence-corrected chi connectivity index (χ4v) is 4.92. The summed E-state index contributed by atoms with van der Waals surface area (Å²) in [6.07, 6.45) is 7.93. The highest BCUT2D eigenvalue weighted by Crippen LogP contribution is 2.31. The van der Waals surface area contributed by atoms with E-state index in [1.54, 1.807) is 24.6 Å². The molecule has 0 saturated heterocycles. The topological polar surface area (TPSA) is 65.8 Å². The molecule has 3 aromatic rings. The lowest BCUT2D eigenvalue weighted by Gasteiger charge is -2.27. The molecule has 0 unspecified atom stereocenters. The Bertz CT molecular complexity index is 1230. The smallest absolute Gasteiger partial charge is 0.296 e. The summed E-state index contributed by atoms with van der Waals surface area (Å²) in [5.41, 5.74) is 4.10. The summed E-state index contributed by atoms with van der Waals surface area (Å²) in [6.45, 7) is 11.0. The number of halogens is 1. The van der Waals surface area contributed by atoms with Gasteiger partial charge in [0.1, 0.15) is 11.5 Å². The quantitative estimate of drug-likeness (QED) is 0.148. The van der Waals surface area contributed by atoms with E-state index in [2.05, 4.69) is 29.2 Å². The average molecular weight is 512 g/mol. The van der Waals surface area contributed by atoms with E-state index in [4.69, 9.17) is 14.3 Å². The van der Waals surface area contributed by atoms with Crippen molar-refractivity contribution in [2.45, 2.75) is 45.6 Å². The number of hydroxylamine groups is 2. The van der Waals surface area contributed by atoms with Crippen LogP contribution in [-0.4, -0.2) is 55.1 Å². The van der Waals surface area contributed by atoms with E-state index in [-0.39, 0.29) is 18.5 Å². The normalized spacial score (nSPS) is 14.1. The summed E-state index contributed by atoms with van der Waals surface area (Å²) in [5.74, 6) is -0.531. The number of pyridine rings is 1. The monoisotopic (exact) mass is 511 g/mol. The van der Waals surface area contributed by atoms with E-state index in [0.717, 1.165) is 33.6 Å². The first kappa shape index (κ1) is 26.1. The third-order valence-corrected chi connectivity index (χ3v) is 7.82. The van der Waals surface area contributed by atoms with Gasteiger partial charge in [-0.25, -0.2) is 19.3 Å². The van der Waals surface area contributed by atoms with Crippen LogP contribution in [0.4, 0.5) is 4.39 Å². The molecule has 0 atom stereocenters. The minimum atomic E-state index is -1.18. The zero-order valence-corrected chi connectivity index (χ0v) is 22.4. The third kappa shape index (κ3) is 6.21. The minimum absolute atomic E-state index is 0.0458. The van der Waals surface area contributed by atoms with Gasteiger partial charge in [-0.1, -0.05) is 31.8 Å². The predicted molar refractivity (Wildman–Crippen MR) is 141 cm³/mol. The molecule has 4 rings (SSSR count). The van der Waals surface area contributed by atoms with Gasteiger partial charge in [-0.3, -0.25) is 4.79 Å². The number of hydrogen-bond acceptors (Lipinski definition) is 5. The molecular formula is C27H34FN3O4Si. The molecule has 0 bridgehead atoms. The lowest BCUT2D eigenvalue weighted by Crippen LogP contribution is -2.39.